The van der Waals surface area contributed by atoms with Gasteiger partial charge in [0.1, 0.15) is 24.0 Å². The number of hydrogen-bond acceptors (Lipinski definition) is 3. The lowest BCUT2D eigenvalue weighted by atomic mass is 10.3. The molecule has 0 saturated heterocycles. The van der Waals surface area contributed by atoms with Crippen molar-refractivity contribution in [3.8, 4) is 0 Å². The van der Waals surface area contributed by atoms with Crippen LogP contribution in [0.15, 0.2) is 42.5 Å². The third-order valence-corrected chi connectivity index (χ3v) is 4.14. The Morgan fingerprint density at radius 3 is 2.33 bits per heavy atom. The molecule has 0 atom stereocenters. The minimum Gasteiger partial charge on any atom is -0.322 e. The number of nitrogens with one attached hydrogen (secondary N) is 1. The second kappa shape index (κ2) is 6.91. The molecule has 0 aliphatic carbocycles. The molecule has 128 valence electrons. The lowest BCUT2D eigenvalue weighted by molar-refractivity contribution is -0.114. The van der Waals surface area contributed by atoms with Gasteiger partial charge in [-0.15, -0.1) is 0 Å². The number of carbonyl (C=O) groups excluding carboxylic acids is 1. The number of nitrogens with zero attached hydrogens (tertiary/aromatic N) is 1. The second-order valence-corrected chi connectivity index (χ2v) is 6.80. The first-order valence-corrected chi connectivity index (χ1v) is 8.50. The first-order chi connectivity index (χ1) is 11.2. The molecule has 1 N–H and O–H groups in total. The molecule has 0 unspecified atom stereocenters. The predicted molar refractivity (Wildman–Crippen MR) is 83.6 cm³/mol. The van der Waals surface area contributed by atoms with E-state index in [1.165, 1.54) is 18.2 Å². The van der Waals surface area contributed by atoms with E-state index in [-0.39, 0.29) is 11.4 Å². The molecule has 0 aromatic heterocycles. The van der Waals surface area contributed by atoms with E-state index in [1.54, 1.807) is 0 Å². The van der Waals surface area contributed by atoms with E-state index in [0.717, 1.165) is 24.5 Å². The zero-order valence-electron chi connectivity index (χ0n) is 12.5. The van der Waals surface area contributed by atoms with Crippen LogP contribution in [0.25, 0.3) is 0 Å². The SMILES string of the molecule is CS(=O)(=O)N(CC(=O)Nc1ccc(F)cc1F)c1ccccc1F. The quantitative estimate of drug-likeness (QED) is 0.893. The molecule has 1 amide bonds. The van der Waals surface area contributed by atoms with Crippen molar-refractivity contribution in [2.45, 2.75) is 0 Å². The largest absolute Gasteiger partial charge is 0.322 e. The van der Waals surface area contributed by atoms with Crippen molar-refractivity contribution in [1.29, 1.82) is 0 Å². The van der Waals surface area contributed by atoms with Gasteiger partial charge in [-0.05, 0) is 24.3 Å². The Hall–Kier alpha value is -2.55. The van der Waals surface area contributed by atoms with Crippen LogP contribution in [0.5, 0.6) is 0 Å². The highest BCUT2D eigenvalue weighted by molar-refractivity contribution is 7.92. The summed E-state index contributed by atoms with van der Waals surface area (Å²) in [5.41, 5.74) is -0.627. The maximum absolute atomic E-state index is 13.8. The molecule has 0 fully saturated rings. The van der Waals surface area contributed by atoms with Gasteiger partial charge < -0.3 is 5.32 Å². The smallest absolute Gasteiger partial charge is 0.245 e. The van der Waals surface area contributed by atoms with Crippen molar-refractivity contribution < 1.29 is 26.4 Å². The standard InChI is InChI=1S/C15H13F3N2O3S/c1-24(22,23)20(14-5-3-2-4-11(14)17)9-15(21)19-13-7-6-10(16)8-12(13)18/h2-8H,9H2,1H3,(H,19,21). The van der Waals surface area contributed by atoms with E-state index in [0.29, 0.717) is 10.4 Å². The van der Waals surface area contributed by atoms with Crippen LogP contribution < -0.4 is 9.62 Å². The highest BCUT2D eigenvalue weighted by Crippen LogP contribution is 2.21. The fraction of sp³-hybridized carbons (Fsp3) is 0.133. The number of rotatable bonds is 5. The predicted octanol–water partition coefficient (Wildman–Crippen LogP) is 2.51. The fourth-order valence-corrected chi connectivity index (χ4v) is 2.80. The highest BCUT2D eigenvalue weighted by Gasteiger charge is 2.23. The first kappa shape index (κ1) is 17.8. The summed E-state index contributed by atoms with van der Waals surface area (Å²) < 4.78 is 64.4. The van der Waals surface area contributed by atoms with Crippen molar-refractivity contribution in [2.24, 2.45) is 0 Å². The summed E-state index contributed by atoms with van der Waals surface area (Å²) in [5.74, 6) is -3.58. The zero-order valence-corrected chi connectivity index (χ0v) is 13.3. The lowest BCUT2D eigenvalue weighted by Crippen LogP contribution is -2.38. The topological polar surface area (TPSA) is 66.5 Å². The molecule has 0 bridgehead atoms. The van der Waals surface area contributed by atoms with Crippen LogP contribution >= 0.6 is 0 Å². The number of benzene rings is 2. The summed E-state index contributed by atoms with van der Waals surface area (Å²) in [6.45, 7) is -0.767. The molecular formula is C15H13F3N2O3S. The van der Waals surface area contributed by atoms with Crippen LogP contribution in [0.4, 0.5) is 24.5 Å². The number of amides is 1. The summed E-state index contributed by atoms with van der Waals surface area (Å²) in [6, 6.07) is 7.52. The van der Waals surface area contributed by atoms with E-state index in [9.17, 15) is 26.4 Å². The Balaban J connectivity index is 2.24. The number of carbonyl (C=O) groups is 1. The Kier molecular flexibility index (Phi) is 5.13. The van der Waals surface area contributed by atoms with Crippen LogP contribution in [-0.2, 0) is 14.8 Å². The van der Waals surface area contributed by atoms with Gasteiger partial charge in [0.05, 0.1) is 17.6 Å². The number of hydrogen-bond donors (Lipinski definition) is 1. The minimum absolute atomic E-state index is 0.310. The van der Waals surface area contributed by atoms with Gasteiger partial charge in [-0.3, -0.25) is 9.10 Å². The number of anilines is 2. The summed E-state index contributed by atoms with van der Waals surface area (Å²) in [6.07, 6.45) is 0.811. The monoisotopic (exact) mass is 358 g/mol. The average Bonchev–Trinajstić information content (AvgIpc) is 2.47. The molecule has 9 heteroatoms. The van der Waals surface area contributed by atoms with Crippen LogP contribution in [0.3, 0.4) is 0 Å². The van der Waals surface area contributed by atoms with E-state index >= 15 is 0 Å². The van der Waals surface area contributed by atoms with Gasteiger partial charge in [-0.25, -0.2) is 21.6 Å². The molecule has 0 aliphatic heterocycles. The summed E-state index contributed by atoms with van der Waals surface area (Å²) in [7, 11) is -3.97. The average molecular weight is 358 g/mol. The zero-order chi connectivity index (χ0) is 17.9. The first-order valence-electron chi connectivity index (χ1n) is 6.65. The number of halogens is 3. The van der Waals surface area contributed by atoms with Gasteiger partial charge in [-0.1, -0.05) is 12.1 Å². The van der Waals surface area contributed by atoms with Gasteiger partial charge >= 0.3 is 0 Å². The molecule has 0 radical (unpaired) electrons. The number of sulfonamides is 1. The van der Waals surface area contributed by atoms with Crippen LogP contribution in [0, 0.1) is 17.5 Å². The molecule has 0 aliphatic rings. The van der Waals surface area contributed by atoms with Gasteiger partial charge in [-0.2, -0.15) is 0 Å². The van der Waals surface area contributed by atoms with E-state index in [2.05, 4.69) is 5.32 Å². The minimum atomic E-state index is -3.97. The number of para-hydroxylation sites is 1. The van der Waals surface area contributed by atoms with Gasteiger partial charge in [0, 0.05) is 6.07 Å². The summed E-state index contributed by atoms with van der Waals surface area (Å²) in [5, 5.41) is 2.12. The van der Waals surface area contributed by atoms with E-state index in [1.807, 2.05) is 0 Å². The Labute approximate surface area is 136 Å². The van der Waals surface area contributed by atoms with Gasteiger partial charge in [0.15, 0.2) is 0 Å². The second-order valence-electron chi connectivity index (χ2n) is 4.89. The van der Waals surface area contributed by atoms with Crippen molar-refractivity contribution in [3.05, 3.63) is 59.9 Å². The molecule has 2 aromatic rings. The highest BCUT2D eigenvalue weighted by atomic mass is 32.2. The fourth-order valence-electron chi connectivity index (χ4n) is 1.95. The van der Waals surface area contributed by atoms with Gasteiger partial charge in [0.2, 0.25) is 15.9 Å². The Morgan fingerprint density at radius 2 is 1.75 bits per heavy atom. The Bertz CT molecular complexity index is 872. The third-order valence-electron chi connectivity index (χ3n) is 3.01. The molecular weight excluding hydrogens is 345 g/mol. The molecule has 0 heterocycles. The lowest BCUT2D eigenvalue weighted by Gasteiger charge is -2.22. The molecule has 0 saturated carbocycles. The van der Waals surface area contributed by atoms with E-state index < -0.39 is 39.9 Å². The van der Waals surface area contributed by atoms with Crippen LogP contribution in [0.1, 0.15) is 0 Å². The summed E-state index contributed by atoms with van der Waals surface area (Å²) >= 11 is 0. The Morgan fingerprint density at radius 1 is 1.08 bits per heavy atom. The normalized spacial score (nSPS) is 11.2. The van der Waals surface area contributed by atoms with Crippen LogP contribution in [-0.4, -0.2) is 27.1 Å². The van der Waals surface area contributed by atoms with Crippen molar-refractivity contribution in [1.82, 2.24) is 0 Å². The van der Waals surface area contributed by atoms with Gasteiger partial charge in [0.25, 0.3) is 0 Å². The maximum atomic E-state index is 13.8. The molecule has 0 spiro atoms. The summed E-state index contributed by atoms with van der Waals surface area (Å²) in [4.78, 5) is 12.0. The molecule has 5 nitrogen and oxygen atoms in total. The maximum Gasteiger partial charge on any atom is 0.245 e. The van der Waals surface area contributed by atoms with Crippen molar-refractivity contribution >= 4 is 27.3 Å². The van der Waals surface area contributed by atoms with E-state index in [4.69, 9.17) is 0 Å². The van der Waals surface area contributed by atoms with Crippen LogP contribution in [0.2, 0.25) is 0 Å². The molecule has 2 aromatic carbocycles. The van der Waals surface area contributed by atoms with Crippen molar-refractivity contribution in [2.75, 3.05) is 22.4 Å². The third kappa shape index (κ3) is 4.25. The molecule has 2 rings (SSSR count). The molecule has 24 heavy (non-hydrogen) atoms. The van der Waals surface area contributed by atoms with Crippen molar-refractivity contribution in [3.63, 3.8) is 0 Å².